The van der Waals surface area contributed by atoms with Crippen molar-refractivity contribution in [2.24, 2.45) is 5.92 Å². The zero-order valence-electron chi connectivity index (χ0n) is 17.3. The molecule has 0 aliphatic carbocycles. The average Bonchev–Trinajstić information content (AvgIpc) is 3.15. The molecule has 6 heteroatoms. The van der Waals surface area contributed by atoms with Crippen LogP contribution in [0.15, 0.2) is 42.5 Å². The molecule has 6 nitrogen and oxygen atoms in total. The number of likely N-dealkylation sites (tertiary alicyclic amines) is 1. The summed E-state index contributed by atoms with van der Waals surface area (Å²) in [4.78, 5) is 27.2. The van der Waals surface area contributed by atoms with Crippen LogP contribution in [0.5, 0.6) is 5.75 Å². The van der Waals surface area contributed by atoms with Gasteiger partial charge >= 0.3 is 5.97 Å². The molecule has 2 aromatic rings. The molecule has 1 aliphatic heterocycles. The Morgan fingerprint density at radius 3 is 2.41 bits per heavy atom. The van der Waals surface area contributed by atoms with Gasteiger partial charge < -0.3 is 15.2 Å². The maximum Gasteiger partial charge on any atom is 0.310 e. The van der Waals surface area contributed by atoms with Gasteiger partial charge in [0.1, 0.15) is 5.75 Å². The largest absolute Gasteiger partial charge is 0.508 e. The smallest absolute Gasteiger partial charge is 0.310 e. The van der Waals surface area contributed by atoms with Gasteiger partial charge in [-0.15, -0.1) is 0 Å². The number of ether oxygens (including phenoxy) is 1. The number of benzene rings is 2. The molecule has 1 fully saturated rings. The molecule has 1 aliphatic rings. The minimum atomic E-state index is -0.397. The lowest BCUT2D eigenvalue weighted by Crippen LogP contribution is -2.41. The third-order valence-corrected chi connectivity index (χ3v) is 5.87. The minimum absolute atomic E-state index is 0.0973. The van der Waals surface area contributed by atoms with E-state index in [2.05, 4.69) is 5.32 Å². The standard InChI is InChI=1S/C23H28N2O4/c1-14-5-8-18(11-15(14)2)24-22(27)16(3)25-12-20(21(13-25)23(28)29-4)17-6-9-19(26)10-7-17/h5-11,16,20-21,26H,12-13H2,1-4H3,(H,24,27)/t16?,20-,21+/m0/s1. The number of esters is 1. The number of rotatable bonds is 5. The van der Waals surface area contributed by atoms with Gasteiger partial charge in [0.2, 0.25) is 5.91 Å². The van der Waals surface area contributed by atoms with E-state index >= 15 is 0 Å². The summed E-state index contributed by atoms with van der Waals surface area (Å²) in [5.41, 5.74) is 4.01. The van der Waals surface area contributed by atoms with Gasteiger partial charge in [0, 0.05) is 24.7 Å². The molecule has 3 atom stereocenters. The van der Waals surface area contributed by atoms with Gasteiger partial charge in [0.15, 0.2) is 0 Å². The molecule has 1 saturated heterocycles. The Morgan fingerprint density at radius 2 is 1.79 bits per heavy atom. The number of anilines is 1. The van der Waals surface area contributed by atoms with E-state index in [1.54, 1.807) is 12.1 Å². The molecule has 0 aromatic heterocycles. The molecular formula is C23H28N2O4. The highest BCUT2D eigenvalue weighted by Gasteiger charge is 2.42. The second-order valence-electron chi connectivity index (χ2n) is 7.75. The molecule has 2 N–H and O–H groups in total. The molecule has 0 spiro atoms. The number of carbonyl (C=O) groups excluding carboxylic acids is 2. The van der Waals surface area contributed by atoms with E-state index in [0.717, 1.165) is 16.8 Å². The van der Waals surface area contributed by atoms with Crippen LogP contribution in [0.4, 0.5) is 5.69 Å². The van der Waals surface area contributed by atoms with Crippen molar-refractivity contribution in [2.75, 3.05) is 25.5 Å². The number of nitrogens with zero attached hydrogens (tertiary/aromatic N) is 1. The van der Waals surface area contributed by atoms with Gasteiger partial charge in [0.25, 0.3) is 0 Å². The van der Waals surface area contributed by atoms with E-state index in [9.17, 15) is 14.7 Å². The molecule has 29 heavy (non-hydrogen) atoms. The lowest BCUT2D eigenvalue weighted by atomic mass is 9.89. The number of hydrogen-bond donors (Lipinski definition) is 2. The monoisotopic (exact) mass is 396 g/mol. The van der Waals surface area contributed by atoms with Crippen LogP contribution in [-0.2, 0) is 14.3 Å². The molecule has 0 radical (unpaired) electrons. The maximum absolute atomic E-state index is 12.8. The predicted octanol–water partition coefficient (Wildman–Crippen LogP) is 3.22. The van der Waals surface area contributed by atoms with Crippen LogP contribution >= 0.6 is 0 Å². The van der Waals surface area contributed by atoms with E-state index in [-0.39, 0.29) is 29.5 Å². The lowest BCUT2D eigenvalue weighted by Gasteiger charge is -2.23. The fourth-order valence-electron chi connectivity index (χ4n) is 3.83. The summed E-state index contributed by atoms with van der Waals surface area (Å²) in [6, 6.07) is 12.3. The molecule has 1 heterocycles. The molecule has 0 saturated carbocycles. The van der Waals surface area contributed by atoms with Crippen LogP contribution in [0.2, 0.25) is 0 Å². The molecule has 2 aromatic carbocycles. The number of carbonyl (C=O) groups is 2. The molecule has 1 amide bonds. The molecule has 154 valence electrons. The zero-order valence-corrected chi connectivity index (χ0v) is 17.3. The van der Waals surface area contributed by atoms with Crippen molar-refractivity contribution in [3.8, 4) is 5.75 Å². The molecule has 3 rings (SSSR count). The average molecular weight is 396 g/mol. The Balaban J connectivity index is 1.75. The van der Waals surface area contributed by atoms with Gasteiger partial charge in [-0.05, 0) is 61.7 Å². The normalized spacial score (nSPS) is 20.3. The summed E-state index contributed by atoms with van der Waals surface area (Å²) in [6.07, 6.45) is 0. The number of nitrogens with one attached hydrogen (secondary N) is 1. The number of phenolic OH excluding ortho intramolecular Hbond substituents is 1. The van der Waals surface area contributed by atoms with Crippen LogP contribution < -0.4 is 5.32 Å². The highest BCUT2D eigenvalue weighted by atomic mass is 16.5. The van der Waals surface area contributed by atoms with Crippen molar-refractivity contribution >= 4 is 17.6 Å². The number of amides is 1. The third-order valence-electron chi connectivity index (χ3n) is 5.87. The second kappa shape index (κ2) is 8.66. The van der Waals surface area contributed by atoms with Crippen molar-refractivity contribution in [1.82, 2.24) is 4.90 Å². The summed E-state index contributed by atoms with van der Waals surface area (Å²) in [5, 5.41) is 12.5. The van der Waals surface area contributed by atoms with Gasteiger partial charge in [-0.1, -0.05) is 18.2 Å². The number of aromatic hydroxyl groups is 1. The summed E-state index contributed by atoms with van der Waals surface area (Å²) in [5.74, 6) is -0.670. The highest BCUT2D eigenvalue weighted by molar-refractivity contribution is 5.94. The first kappa shape index (κ1) is 20.9. The topological polar surface area (TPSA) is 78.9 Å². The van der Waals surface area contributed by atoms with Crippen LogP contribution in [0.3, 0.4) is 0 Å². The van der Waals surface area contributed by atoms with E-state index < -0.39 is 6.04 Å². The van der Waals surface area contributed by atoms with Crippen LogP contribution in [0.1, 0.15) is 29.5 Å². The van der Waals surface area contributed by atoms with E-state index in [1.165, 1.54) is 12.7 Å². The Bertz CT molecular complexity index is 894. The van der Waals surface area contributed by atoms with E-state index in [1.807, 2.05) is 56.0 Å². The fourth-order valence-corrected chi connectivity index (χ4v) is 3.83. The van der Waals surface area contributed by atoms with Crippen molar-refractivity contribution in [3.63, 3.8) is 0 Å². The van der Waals surface area contributed by atoms with Crippen molar-refractivity contribution in [2.45, 2.75) is 32.7 Å². The zero-order chi connectivity index (χ0) is 21.1. The van der Waals surface area contributed by atoms with Gasteiger partial charge in [0.05, 0.1) is 19.1 Å². The molecule has 0 bridgehead atoms. The molecule has 1 unspecified atom stereocenters. The quantitative estimate of drug-likeness (QED) is 0.759. The number of aryl methyl sites for hydroxylation is 2. The minimum Gasteiger partial charge on any atom is -0.508 e. The van der Waals surface area contributed by atoms with E-state index in [0.29, 0.717) is 13.1 Å². The van der Waals surface area contributed by atoms with Crippen molar-refractivity contribution < 1.29 is 19.4 Å². The third kappa shape index (κ3) is 4.59. The van der Waals surface area contributed by atoms with Gasteiger partial charge in [-0.25, -0.2) is 0 Å². The Morgan fingerprint density at radius 1 is 1.10 bits per heavy atom. The fraction of sp³-hybridized carbons (Fsp3) is 0.391. The van der Waals surface area contributed by atoms with Gasteiger partial charge in [-0.3, -0.25) is 14.5 Å². The summed E-state index contributed by atoms with van der Waals surface area (Å²) in [6.45, 7) is 6.90. The first-order valence-corrected chi connectivity index (χ1v) is 9.79. The first-order valence-electron chi connectivity index (χ1n) is 9.79. The Hall–Kier alpha value is -2.86. The second-order valence-corrected chi connectivity index (χ2v) is 7.75. The first-order chi connectivity index (χ1) is 13.8. The van der Waals surface area contributed by atoms with Crippen LogP contribution in [0.25, 0.3) is 0 Å². The summed E-state index contributed by atoms with van der Waals surface area (Å²) >= 11 is 0. The van der Waals surface area contributed by atoms with Crippen LogP contribution in [-0.4, -0.2) is 48.1 Å². The number of hydrogen-bond acceptors (Lipinski definition) is 5. The molecular weight excluding hydrogens is 368 g/mol. The SMILES string of the molecule is COC(=O)[C@@H]1CN(C(C)C(=O)Nc2ccc(C)c(C)c2)C[C@H]1c1ccc(O)cc1. The maximum atomic E-state index is 12.8. The highest BCUT2D eigenvalue weighted by Crippen LogP contribution is 2.35. The van der Waals surface area contributed by atoms with Gasteiger partial charge in [-0.2, -0.15) is 0 Å². The number of methoxy groups -OCH3 is 1. The predicted molar refractivity (Wildman–Crippen MR) is 112 cm³/mol. The van der Waals surface area contributed by atoms with Crippen LogP contribution in [0, 0.1) is 19.8 Å². The lowest BCUT2D eigenvalue weighted by molar-refractivity contribution is -0.145. The Labute approximate surface area is 171 Å². The summed E-state index contributed by atoms with van der Waals surface area (Å²) < 4.78 is 5.00. The summed E-state index contributed by atoms with van der Waals surface area (Å²) in [7, 11) is 1.38. The van der Waals surface area contributed by atoms with E-state index in [4.69, 9.17) is 4.74 Å². The Kier molecular flexibility index (Phi) is 6.23. The number of phenols is 1. The van der Waals surface area contributed by atoms with Crippen molar-refractivity contribution in [1.29, 1.82) is 0 Å². The van der Waals surface area contributed by atoms with Crippen molar-refractivity contribution in [3.05, 3.63) is 59.2 Å².